The second-order valence-corrected chi connectivity index (χ2v) is 8.94. The molecule has 2 aromatic heterocycles. The van der Waals surface area contributed by atoms with Crippen LogP contribution in [-0.4, -0.2) is 48.8 Å². The van der Waals surface area contributed by atoms with E-state index in [2.05, 4.69) is 9.88 Å². The predicted octanol–water partition coefficient (Wildman–Crippen LogP) is 2.30. The average Bonchev–Trinajstić information content (AvgIpc) is 2.96. The number of pyridine rings is 1. The van der Waals surface area contributed by atoms with Gasteiger partial charge in [0.15, 0.2) is 0 Å². The van der Waals surface area contributed by atoms with Crippen molar-refractivity contribution in [2.24, 2.45) is 0 Å². The van der Waals surface area contributed by atoms with E-state index in [-0.39, 0.29) is 0 Å². The van der Waals surface area contributed by atoms with Crippen LogP contribution in [-0.2, 0) is 16.6 Å². The minimum atomic E-state index is -3.41. The van der Waals surface area contributed by atoms with Crippen molar-refractivity contribution in [3.63, 3.8) is 0 Å². The van der Waals surface area contributed by atoms with Crippen LogP contribution in [0, 0.1) is 0 Å². The zero-order chi connectivity index (χ0) is 15.6. The largest absolute Gasteiger partial charge is 0.295 e. The average molecular weight is 358 g/mol. The molecule has 0 saturated carbocycles. The van der Waals surface area contributed by atoms with Gasteiger partial charge in [-0.2, -0.15) is 4.31 Å². The first-order valence-corrected chi connectivity index (χ1v) is 9.57. The lowest BCUT2D eigenvalue weighted by Gasteiger charge is -2.33. The molecule has 1 aliphatic rings. The van der Waals surface area contributed by atoms with Crippen LogP contribution < -0.4 is 0 Å². The molecule has 2 aromatic rings. The molecular formula is C14H16ClN3O2S2. The summed E-state index contributed by atoms with van der Waals surface area (Å²) in [5.74, 6) is 0. The van der Waals surface area contributed by atoms with Crippen LogP contribution in [0.15, 0.2) is 40.7 Å². The molecule has 0 aliphatic carbocycles. The highest BCUT2D eigenvalue weighted by Crippen LogP contribution is 2.28. The molecule has 5 nitrogen and oxygen atoms in total. The maximum Gasteiger partial charge on any atom is 0.252 e. The van der Waals surface area contributed by atoms with E-state index in [1.807, 2.05) is 18.2 Å². The molecule has 8 heteroatoms. The van der Waals surface area contributed by atoms with Gasteiger partial charge in [-0.15, -0.1) is 11.3 Å². The summed E-state index contributed by atoms with van der Waals surface area (Å²) < 4.78 is 27.4. The fourth-order valence-corrected chi connectivity index (χ4v) is 5.47. The maximum absolute atomic E-state index is 12.5. The molecule has 0 N–H and O–H groups in total. The van der Waals surface area contributed by atoms with Crippen molar-refractivity contribution in [3.05, 3.63) is 46.6 Å². The molecule has 0 aromatic carbocycles. The van der Waals surface area contributed by atoms with Crippen LogP contribution in [0.5, 0.6) is 0 Å². The summed E-state index contributed by atoms with van der Waals surface area (Å²) in [7, 11) is -3.41. The summed E-state index contributed by atoms with van der Waals surface area (Å²) in [6.45, 7) is 3.14. The maximum atomic E-state index is 12.5. The van der Waals surface area contributed by atoms with Gasteiger partial charge in [-0.3, -0.25) is 9.88 Å². The van der Waals surface area contributed by atoms with Gasteiger partial charge in [0.25, 0.3) is 10.0 Å². The standard InChI is InChI=1S/C14H16ClN3O2S2/c15-13-4-5-14(21-13)22(19,20)18-9-7-17(8-10-18)11-12-3-1-2-6-16-12/h1-6H,7-11H2. The van der Waals surface area contributed by atoms with Gasteiger partial charge in [0, 0.05) is 38.9 Å². The zero-order valence-electron chi connectivity index (χ0n) is 11.9. The van der Waals surface area contributed by atoms with Crippen molar-refractivity contribution < 1.29 is 8.42 Å². The lowest BCUT2D eigenvalue weighted by Crippen LogP contribution is -2.48. The van der Waals surface area contributed by atoms with Gasteiger partial charge in [0.05, 0.1) is 10.0 Å². The molecule has 22 heavy (non-hydrogen) atoms. The van der Waals surface area contributed by atoms with E-state index in [1.54, 1.807) is 18.3 Å². The number of rotatable bonds is 4. The summed E-state index contributed by atoms with van der Waals surface area (Å²) >= 11 is 6.94. The van der Waals surface area contributed by atoms with E-state index in [0.29, 0.717) is 34.7 Å². The molecule has 1 fully saturated rings. The molecule has 0 amide bonds. The predicted molar refractivity (Wildman–Crippen MR) is 87.6 cm³/mol. The number of piperazine rings is 1. The van der Waals surface area contributed by atoms with Crippen molar-refractivity contribution >= 4 is 33.0 Å². The molecule has 0 atom stereocenters. The molecule has 0 radical (unpaired) electrons. The molecule has 0 spiro atoms. The Bertz CT molecular complexity index is 726. The van der Waals surface area contributed by atoms with Crippen molar-refractivity contribution in [2.75, 3.05) is 26.2 Å². The monoisotopic (exact) mass is 357 g/mol. The van der Waals surface area contributed by atoms with Crippen molar-refractivity contribution in [1.82, 2.24) is 14.2 Å². The Balaban J connectivity index is 1.62. The van der Waals surface area contributed by atoms with Crippen molar-refractivity contribution in [3.8, 4) is 0 Å². The van der Waals surface area contributed by atoms with Crippen LogP contribution in [0.4, 0.5) is 0 Å². The minimum Gasteiger partial charge on any atom is -0.295 e. The van der Waals surface area contributed by atoms with Crippen LogP contribution in [0.25, 0.3) is 0 Å². The lowest BCUT2D eigenvalue weighted by atomic mass is 10.3. The Labute approximate surface area is 139 Å². The van der Waals surface area contributed by atoms with Gasteiger partial charge in [-0.25, -0.2) is 8.42 Å². The highest BCUT2D eigenvalue weighted by atomic mass is 35.5. The minimum absolute atomic E-state index is 0.315. The molecule has 3 rings (SSSR count). The number of hydrogen-bond acceptors (Lipinski definition) is 5. The molecule has 1 aliphatic heterocycles. The third kappa shape index (κ3) is 3.49. The van der Waals surface area contributed by atoms with E-state index in [4.69, 9.17) is 11.6 Å². The summed E-state index contributed by atoms with van der Waals surface area (Å²) in [5, 5.41) is 0. The second kappa shape index (κ2) is 6.64. The van der Waals surface area contributed by atoms with Crippen LogP contribution in [0.3, 0.4) is 0 Å². The van der Waals surface area contributed by atoms with Crippen LogP contribution >= 0.6 is 22.9 Å². The van der Waals surface area contributed by atoms with Gasteiger partial charge >= 0.3 is 0 Å². The Hall–Kier alpha value is -0.990. The molecule has 1 saturated heterocycles. The van der Waals surface area contributed by atoms with E-state index < -0.39 is 10.0 Å². The summed E-state index contributed by atoms with van der Waals surface area (Å²) in [4.78, 5) is 6.52. The Morgan fingerprint density at radius 1 is 1.14 bits per heavy atom. The first-order chi connectivity index (χ1) is 10.6. The topological polar surface area (TPSA) is 53.5 Å². The number of halogens is 1. The Kier molecular flexibility index (Phi) is 4.79. The smallest absolute Gasteiger partial charge is 0.252 e. The fraction of sp³-hybridized carbons (Fsp3) is 0.357. The molecule has 0 bridgehead atoms. The van der Waals surface area contributed by atoms with E-state index >= 15 is 0 Å². The van der Waals surface area contributed by atoms with Crippen LogP contribution in [0.2, 0.25) is 4.34 Å². The van der Waals surface area contributed by atoms with Gasteiger partial charge in [-0.1, -0.05) is 17.7 Å². The summed E-state index contributed by atoms with van der Waals surface area (Å²) in [6, 6.07) is 9.03. The molecular weight excluding hydrogens is 342 g/mol. The van der Waals surface area contributed by atoms with E-state index in [0.717, 1.165) is 23.6 Å². The van der Waals surface area contributed by atoms with E-state index in [9.17, 15) is 8.42 Å². The normalized spacial score (nSPS) is 17.7. The Morgan fingerprint density at radius 3 is 2.50 bits per heavy atom. The highest BCUT2D eigenvalue weighted by Gasteiger charge is 2.29. The van der Waals surface area contributed by atoms with Gasteiger partial charge in [0.1, 0.15) is 4.21 Å². The molecule has 118 valence electrons. The van der Waals surface area contributed by atoms with Crippen molar-refractivity contribution in [2.45, 2.75) is 10.8 Å². The zero-order valence-corrected chi connectivity index (χ0v) is 14.2. The quantitative estimate of drug-likeness (QED) is 0.842. The molecule has 0 unspecified atom stereocenters. The summed E-state index contributed by atoms with van der Waals surface area (Å²) in [5.41, 5.74) is 1.00. The number of hydrogen-bond donors (Lipinski definition) is 0. The third-order valence-corrected chi connectivity index (χ3v) is 7.18. The van der Waals surface area contributed by atoms with E-state index in [1.165, 1.54) is 4.31 Å². The first kappa shape index (κ1) is 15.9. The number of sulfonamides is 1. The number of nitrogens with zero attached hydrogens (tertiary/aromatic N) is 3. The van der Waals surface area contributed by atoms with Gasteiger partial charge in [-0.05, 0) is 24.3 Å². The highest BCUT2D eigenvalue weighted by molar-refractivity contribution is 7.91. The Morgan fingerprint density at radius 2 is 1.91 bits per heavy atom. The van der Waals surface area contributed by atoms with Crippen LogP contribution in [0.1, 0.15) is 5.69 Å². The second-order valence-electron chi connectivity index (χ2n) is 5.06. The first-order valence-electron chi connectivity index (χ1n) is 6.93. The third-order valence-electron chi connectivity index (χ3n) is 3.59. The SMILES string of the molecule is O=S(=O)(c1ccc(Cl)s1)N1CCN(Cc2ccccn2)CC1. The number of aromatic nitrogens is 1. The van der Waals surface area contributed by atoms with Gasteiger partial charge < -0.3 is 0 Å². The number of thiophene rings is 1. The molecule has 3 heterocycles. The summed E-state index contributed by atoms with van der Waals surface area (Å²) in [6.07, 6.45) is 1.77. The lowest BCUT2D eigenvalue weighted by molar-refractivity contribution is 0.180. The fourth-order valence-electron chi connectivity index (χ4n) is 2.41. The van der Waals surface area contributed by atoms with Crippen molar-refractivity contribution in [1.29, 1.82) is 0 Å². The van der Waals surface area contributed by atoms with Gasteiger partial charge in [0.2, 0.25) is 0 Å².